The molecule has 1 aromatic carbocycles. The average molecular weight is 353 g/mol. The van der Waals surface area contributed by atoms with Crippen LogP contribution in [0.2, 0.25) is 5.02 Å². The molecule has 128 valence electrons. The van der Waals surface area contributed by atoms with Gasteiger partial charge in [0.2, 0.25) is 0 Å². The van der Waals surface area contributed by atoms with Crippen LogP contribution >= 0.6 is 11.6 Å². The second-order valence-corrected chi connectivity index (χ2v) is 6.64. The van der Waals surface area contributed by atoms with E-state index in [4.69, 9.17) is 11.6 Å². The van der Waals surface area contributed by atoms with E-state index in [-0.39, 0.29) is 10.7 Å². The fourth-order valence-corrected chi connectivity index (χ4v) is 3.58. The van der Waals surface area contributed by atoms with Gasteiger partial charge in [0, 0.05) is 10.9 Å². The van der Waals surface area contributed by atoms with Crippen molar-refractivity contribution in [2.24, 2.45) is 0 Å². The molecule has 1 aliphatic rings. The maximum absolute atomic E-state index is 13.4. The molecule has 5 nitrogen and oxygen atoms in total. The summed E-state index contributed by atoms with van der Waals surface area (Å²) < 4.78 is 13.4. The van der Waals surface area contributed by atoms with Gasteiger partial charge in [-0.15, -0.1) is 0 Å². The first-order valence-electron chi connectivity index (χ1n) is 7.95. The fourth-order valence-electron chi connectivity index (χ4n) is 3.29. The van der Waals surface area contributed by atoms with Crippen molar-refractivity contribution in [2.45, 2.75) is 44.1 Å². The van der Waals surface area contributed by atoms with Crippen molar-refractivity contribution in [3.63, 3.8) is 0 Å². The average Bonchev–Trinajstić information content (AvgIpc) is 2.73. The summed E-state index contributed by atoms with van der Waals surface area (Å²) in [6, 6.07) is 4.00. The molecule has 0 radical (unpaired) electrons. The molecule has 24 heavy (non-hydrogen) atoms. The Bertz CT molecular complexity index is 794. The molecule has 0 saturated heterocycles. The second-order valence-electron chi connectivity index (χ2n) is 6.26. The van der Waals surface area contributed by atoms with Crippen molar-refractivity contribution < 1.29 is 19.1 Å². The lowest BCUT2D eigenvalue weighted by Gasteiger charge is -2.29. The van der Waals surface area contributed by atoms with E-state index in [0.717, 1.165) is 25.7 Å². The Morgan fingerprint density at radius 2 is 1.88 bits per heavy atom. The van der Waals surface area contributed by atoms with Gasteiger partial charge in [0.1, 0.15) is 17.1 Å². The molecule has 0 bridgehead atoms. The quantitative estimate of drug-likeness (QED) is 0.733. The number of aromatic amines is 1. The van der Waals surface area contributed by atoms with Crippen molar-refractivity contribution in [1.29, 1.82) is 0 Å². The first-order chi connectivity index (χ1) is 11.4. The molecule has 0 spiro atoms. The van der Waals surface area contributed by atoms with Crippen LogP contribution in [0.3, 0.4) is 0 Å². The summed E-state index contributed by atoms with van der Waals surface area (Å²) in [7, 11) is 0. The van der Waals surface area contributed by atoms with Crippen LogP contribution in [0.1, 0.15) is 49.0 Å². The number of carboxylic acid groups (broad SMARTS) is 1. The number of carbonyl (C=O) groups excluding carboxylic acids is 1. The number of H-pyrrole nitrogens is 1. The summed E-state index contributed by atoms with van der Waals surface area (Å²) in [6.07, 6.45) is 4.19. The molecule has 2 aromatic rings. The molecule has 0 unspecified atom stereocenters. The van der Waals surface area contributed by atoms with E-state index in [2.05, 4.69) is 10.3 Å². The highest BCUT2D eigenvalue weighted by Gasteiger charge is 2.40. The van der Waals surface area contributed by atoms with Crippen LogP contribution in [0.25, 0.3) is 10.9 Å². The predicted molar refractivity (Wildman–Crippen MR) is 88.8 cm³/mol. The van der Waals surface area contributed by atoms with E-state index in [1.165, 1.54) is 18.2 Å². The molecule has 7 heteroatoms. The maximum Gasteiger partial charge on any atom is 0.329 e. The Balaban J connectivity index is 1.93. The lowest BCUT2D eigenvalue weighted by atomic mass is 9.90. The van der Waals surface area contributed by atoms with Crippen molar-refractivity contribution in [1.82, 2.24) is 10.3 Å². The Hall–Kier alpha value is -2.08. The number of fused-ring (bicyclic) bond motifs is 1. The van der Waals surface area contributed by atoms with Gasteiger partial charge in [0.05, 0.1) is 5.02 Å². The summed E-state index contributed by atoms with van der Waals surface area (Å²) in [4.78, 5) is 27.3. The van der Waals surface area contributed by atoms with Crippen LogP contribution < -0.4 is 5.32 Å². The van der Waals surface area contributed by atoms with Crippen LogP contribution in [-0.2, 0) is 4.79 Å². The van der Waals surface area contributed by atoms with Crippen molar-refractivity contribution in [3.05, 3.63) is 34.7 Å². The van der Waals surface area contributed by atoms with Crippen molar-refractivity contribution in [3.8, 4) is 0 Å². The first-order valence-corrected chi connectivity index (χ1v) is 8.33. The maximum atomic E-state index is 13.4. The largest absolute Gasteiger partial charge is 0.480 e. The summed E-state index contributed by atoms with van der Waals surface area (Å²) in [5.41, 5.74) is -0.696. The highest BCUT2D eigenvalue weighted by atomic mass is 35.5. The van der Waals surface area contributed by atoms with Crippen molar-refractivity contribution in [2.75, 3.05) is 0 Å². The van der Waals surface area contributed by atoms with Crippen LogP contribution in [0, 0.1) is 5.82 Å². The lowest BCUT2D eigenvalue weighted by molar-refractivity contribution is -0.145. The Kier molecular flexibility index (Phi) is 4.49. The Labute approximate surface area is 143 Å². The van der Waals surface area contributed by atoms with Gasteiger partial charge in [-0.3, -0.25) is 4.79 Å². The third kappa shape index (κ3) is 2.98. The molecule has 0 aliphatic heterocycles. The van der Waals surface area contributed by atoms with Crippen molar-refractivity contribution >= 4 is 34.4 Å². The Morgan fingerprint density at radius 1 is 1.21 bits per heavy atom. The third-order valence-electron chi connectivity index (χ3n) is 4.64. The van der Waals surface area contributed by atoms with Gasteiger partial charge in [0.25, 0.3) is 5.91 Å². The van der Waals surface area contributed by atoms with E-state index in [1.807, 2.05) is 0 Å². The topological polar surface area (TPSA) is 82.2 Å². The smallest absolute Gasteiger partial charge is 0.329 e. The van der Waals surface area contributed by atoms with Gasteiger partial charge in [0.15, 0.2) is 0 Å². The molecule has 1 saturated carbocycles. The van der Waals surface area contributed by atoms with E-state index in [9.17, 15) is 19.1 Å². The zero-order valence-electron chi connectivity index (χ0n) is 13.0. The van der Waals surface area contributed by atoms with Gasteiger partial charge in [-0.1, -0.05) is 37.3 Å². The van der Waals surface area contributed by atoms with Crippen LogP contribution in [0.15, 0.2) is 18.2 Å². The molecule has 3 rings (SSSR count). The number of benzene rings is 1. The number of rotatable bonds is 3. The second kappa shape index (κ2) is 6.43. The minimum Gasteiger partial charge on any atom is -0.480 e. The molecule has 1 amide bonds. The predicted octanol–water partition coefficient (Wildman–Crippen LogP) is 3.87. The van der Waals surface area contributed by atoms with Crippen LogP contribution in [0.5, 0.6) is 0 Å². The molecule has 0 atom stereocenters. The van der Waals surface area contributed by atoms with E-state index in [1.54, 1.807) is 0 Å². The van der Waals surface area contributed by atoms with Crippen LogP contribution in [0.4, 0.5) is 4.39 Å². The SMILES string of the molecule is O=C(NC1(C(=O)O)CCCCCC1)c1[nH]c2ccc(F)cc2c1Cl. The molecule has 1 fully saturated rings. The molecule has 1 aliphatic carbocycles. The van der Waals surface area contributed by atoms with E-state index in [0.29, 0.717) is 23.7 Å². The number of hydrogen-bond donors (Lipinski definition) is 3. The molecule has 1 aromatic heterocycles. The normalized spacial score (nSPS) is 17.4. The number of nitrogens with one attached hydrogen (secondary N) is 2. The lowest BCUT2D eigenvalue weighted by Crippen LogP contribution is -2.54. The first kappa shape index (κ1) is 16.8. The number of aliphatic carboxylic acids is 1. The number of amides is 1. The number of carbonyl (C=O) groups is 2. The van der Waals surface area contributed by atoms with Gasteiger partial charge in [-0.2, -0.15) is 0 Å². The minimum atomic E-state index is -1.28. The Morgan fingerprint density at radius 3 is 2.50 bits per heavy atom. The standard InChI is InChI=1S/C17H18ClFN2O3/c18-13-11-9-10(19)5-6-12(11)20-14(13)15(22)21-17(16(23)24)7-3-1-2-4-8-17/h5-6,9,20H,1-4,7-8H2,(H,21,22)(H,23,24). The summed E-state index contributed by atoms with van der Waals surface area (Å²) in [5.74, 6) is -2.07. The zero-order chi connectivity index (χ0) is 17.3. The summed E-state index contributed by atoms with van der Waals surface area (Å²) in [6.45, 7) is 0. The van der Waals surface area contributed by atoms with E-state index >= 15 is 0 Å². The third-order valence-corrected chi connectivity index (χ3v) is 5.04. The number of carboxylic acids is 1. The molecule has 3 N–H and O–H groups in total. The molecular formula is C17H18ClFN2O3. The van der Waals surface area contributed by atoms with Gasteiger partial charge < -0.3 is 15.4 Å². The number of hydrogen-bond acceptors (Lipinski definition) is 2. The number of aromatic nitrogens is 1. The minimum absolute atomic E-state index is 0.0575. The summed E-state index contributed by atoms with van der Waals surface area (Å²) >= 11 is 6.19. The zero-order valence-corrected chi connectivity index (χ0v) is 13.8. The van der Waals surface area contributed by atoms with Gasteiger partial charge >= 0.3 is 5.97 Å². The highest BCUT2D eigenvalue weighted by molar-refractivity contribution is 6.38. The monoisotopic (exact) mass is 352 g/mol. The van der Waals surface area contributed by atoms with Gasteiger partial charge in [-0.25, -0.2) is 9.18 Å². The number of halogens is 2. The van der Waals surface area contributed by atoms with E-state index < -0.39 is 23.2 Å². The fraction of sp³-hybridized carbons (Fsp3) is 0.412. The summed E-state index contributed by atoms with van der Waals surface area (Å²) in [5, 5.41) is 12.8. The molecule has 1 heterocycles. The van der Waals surface area contributed by atoms with Crippen LogP contribution in [-0.4, -0.2) is 27.5 Å². The van der Waals surface area contributed by atoms with Gasteiger partial charge in [-0.05, 0) is 31.0 Å². The highest BCUT2D eigenvalue weighted by Crippen LogP contribution is 2.31. The molecular weight excluding hydrogens is 335 g/mol.